The van der Waals surface area contributed by atoms with E-state index in [1.165, 1.54) is 88.4 Å². The summed E-state index contributed by atoms with van der Waals surface area (Å²) in [5.41, 5.74) is -0.713. The standard InChI is InChI=1S/C33H58O2SSi/c1-7-8-9-10-11-12-13-14-15-16-17-18-19-23-26-33(34)28-29(35-37(5,6)32(2,3)4)27-31(33)36-30-24-21-20-22-25-30/h20-22,24-25,27,31,34H,7-19,23,26,28H2,1-6H3/t31-,33-/m0/s1. The van der Waals surface area contributed by atoms with Gasteiger partial charge in [-0.3, -0.25) is 0 Å². The molecule has 2 nitrogen and oxygen atoms in total. The molecule has 1 aromatic rings. The fourth-order valence-electron chi connectivity index (χ4n) is 4.98. The maximum atomic E-state index is 11.8. The van der Waals surface area contributed by atoms with E-state index >= 15 is 0 Å². The fraction of sp³-hybridized carbons (Fsp3) is 0.758. The Morgan fingerprint density at radius 1 is 0.838 bits per heavy atom. The highest BCUT2D eigenvalue weighted by Crippen LogP contribution is 2.46. The Morgan fingerprint density at radius 2 is 1.32 bits per heavy atom. The highest BCUT2D eigenvalue weighted by molar-refractivity contribution is 8.00. The van der Waals surface area contributed by atoms with Crippen LogP contribution in [0.2, 0.25) is 18.1 Å². The van der Waals surface area contributed by atoms with E-state index in [0.717, 1.165) is 18.6 Å². The third-order valence-corrected chi connectivity index (χ3v) is 14.3. The van der Waals surface area contributed by atoms with Gasteiger partial charge in [-0.2, -0.15) is 0 Å². The number of rotatable bonds is 19. The molecule has 0 amide bonds. The topological polar surface area (TPSA) is 29.5 Å². The lowest BCUT2D eigenvalue weighted by molar-refractivity contribution is 0.0398. The zero-order valence-electron chi connectivity index (χ0n) is 25.1. The summed E-state index contributed by atoms with van der Waals surface area (Å²) in [6.45, 7) is 13.7. The molecule has 1 N–H and O–H groups in total. The van der Waals surface area contributed by atoms with Crippen molar-refractivity contribution < 1.29 is 9.53 Å². The smallest absolute Gasteiger partial charge is 0.250 e. The fourth-order valence-corrected chi connectivity index (χ4v) is 7.33. The van der Waals surface area contributed by atoms with Crippen LogP contribution in [0.25, 0.3) is 0 Å². The van der Waals surface area contributed by atoms with Crippen LogP contribution in [0, 0.1) is 0 Å². The molecule has 0 aliphatic heterocycles. The van der Waals surface area contributed by atoms with E-state index in [-0.39, 0.29) is 10.3 Å². The summed E-state index contributed by atoms with van der Waals surface area (Å²) >= 11 is 1.79. The van der Waals surface area contributed by atoms with Crippen molar-refractivity contribution in [2.75, 3.05) is 0 Å². The van der Waals surface area contributed by atoms with E-state index in [1.807, 2.05) is 0 Å². The van der Waals surface area contributed by atoms with E-state index in [4.69, 9.17) is 4.43 Å². The number of benzene rings is 1. The van der Waals surface area contributed by atoms with Gasteiger partial charge in [-0.25, -0.2) is 0 Å². The van der Waals surface area contributed by atoms with Gasteiger partial charge in [0, 0.05) is 11.3 Å². The van der Waals surface area contributed by atoms with Crippen molar-refractivity contribution in [1.82, 2.24) is 0 Å². The Labute approximate surface area is 235 Å². The zero-order chi connectivity index (χ0) is 27.2. The van der Waals surface area contributed by atoms with Gasteiger partial charge in [0.15, 0.2) is 0 Å². The lowest BCUT2D eigenvalue weighted by Gasteiger charge is -2.37. The number of thioether (sulfide) groups is 1. The molecule has 0 saturated carbocycles. The van der Waals surface area contributed by atoms with Gasteiger partial charge >= 0.3 is 0 Å². The van der Waals surface area contributed by atoms with E-state index in [1.54, 1.807) is 11.8 Å². The largest absolute Gasteiger partial charge is 0.547 e. The van der Waals surface area contributed by atoms with Crippen molar-refractivity contribution in [1.29, 1.82) is 0 Å². The second-order valence-electron chi connectivity index (χ2n) is 13.0. The maximum Gasteiger partial charge on any atom is 0.250 e. The molecule has 0 radical (unpaired) electrons. The number of unbranched alkanes of at least 4 members (excludes halogenated alkanes) is 13. The van der Waals surface area contributed by atoms with Gasteiger partial charge in [0.1, 0.15) is 0 Å². The molecule has 2 rings (SSSR count). The molecule has 0 bridgehead atoms. The molecule has 212 valence electrons. The number of hydrogen-bond donors (Lipinski definition) is 1. The predicted octanol–water partition coefficient (Wildman–Crippen LogP) is 11.1. The van der Waals surface area contributed by atoms with Gasteiger partial charge in [0.2, 0.25) is 8.32 Å². The highest BCUT2D eigenvalue weighted by atomic mass is 32.2. The molecule has 1 aliphatic rings. The van der Waals surface area contributed by atoms with Crippen LogP contribution in [0.4, 0.5) is 0 Å². The molecule has 0 saturated heterocycles. The average molecular weight is 547 g/mol. The van der Waals surface area contributed by atoms with Crippen LogP contribution in [0.5, 0.6) is 0 Å². The first-order valence-electron chi connectivity index (χ1n) is 15.4. The molecular weight excluding hydrogens is 489 g/mol. The quantitative estimate of drug-likeness (QED) is 0.138. The second-order valence-corrected chi connectivity index (χ2v) is 18.9. The number of aliphatic hydroxyl groups is 1. The minimum atomic E-state index is -1.92. The van der Waals surface area contributed by atoms with Crippen molar-refractivity contribution in [3.8, 4) is 0 Å². The van der Waals surface area contributed by atoms with Crippen molar-refractivity contribution in [2.45, 2.75) is 164 Å². The van der Waals surface area contributed by atoms with Crippen molar-refractivity contribution in [2.24, 2.45) is 0 Å². The molecule has 0 unspecified atom stereocenters. The first-order valence-corrected chi connectivity index (χ1v) is 19.2. The Balaban J connectivity index is 1.73. The summed E-state index contributed by atoms with van der Waals surface area (Å²) in [6.07, 6.45) is 22.8. The minimum Gasteiger partial charge on any atom is -0.547 e. The summed E-state index contributed by atoms with van der Waals surface area (Å²) in [7, 11) is -1.92. The summed E-state index contributed by atoms with van der Waals surface area (Å²) in [4.78, 5) is 1.22. The van der Waals surface area contributed by atoms with Gasteiger partial charge in [-0.15, -0.1) is 11.8 Å². The highest BCUT2D eigenvalue weighted by Gasteiger charge is 2.46. The van der Waals surface area contributed by atoms with E-state index < -0.39 is 13.9 Å². The average Bonchev–Trinajstić information content (AvgIpc) is 3.13. The van der Waals surface area contributed by atoms with E-state index in [9.17, 15) is 5.11 Å². The first-order chi connectivity index (χ1) is 17.6. The van der Waals surface area contributed by atoms with Gasteiger partial charge in [0.05, 0.1) is 16.6 Å². The van der Waals surface area contributed by atoms with Gasteiger partial charge < -0.3 is 9.53 Å². The van der Waals surface area contributed by atoms with E-state index in [0.29, 0.717) is 6.42 Å². The predicted molar refractivity (Wildman–Crippen MR) is 167 cm³/mol. The zero-order valence-corrected chi connectivity index (χ0v) is 26.9. The molecule has 1 aliphatic carbocycles. The van der Waals surface area contributed by atoms with Crippen LogP contribution in [0.3, 0.4) is 0 Å². The van der Waals surface area contributed by atoms with Crippen LogP contribution in [0.1, 0.15) is 130 Å². The van der Waals surface area contributed by atoms with Crippen LogP contribution >= 0.6 is 11.8 Å². The first kappa shape index (κ1) is 32.5. The molecule has 0 spiro atoms. The molecule has 2 atom stereocenters. The third kappa shape index (κ3) is 11.9. The molecule has 1 aromatic carbocycles. The molecule has 37 heavy (non-hydrogen) atoms. The summed E-state index contributed by atoms with van der Waals surface area (Å²) < 4.78 is 6.68. The molecule has 0 fully saturated rings. The van der Waals surface area contributed by atoms with Crippen molar-refractivity contribution in [3.63, 3.8) is 0 Å². The summed E-state index contributed by atoms with van der Waals surface area (Å²) in [5.74, 6) is 1.02. The van der Waals surface area contributed by atoms with Crippen molar-refractivity contribution in [3.05, 3.63) is 42.2 Å². The Morgan fingerprint density at radius 3 is 1.81 bits per heavy atom. The SMILES string of the molecule is CCCCCCCCCCCCCCCC[C@]1(O)CC(O[Si](C)(C)C(C)(C)C)=C[C@@H]1Sc1ccccc1. The molecule has 0 aromatic heterocycles. The minimum absolute atomic E-state index is 0.0524. The lowest BCUT2D eigenvalue weighted by atomic mass is 9.92. The lowest BCUT2D eigenvalue weighted by Crippen LogP contribution is -2.41. The second kappa shape index (κ2) is 16.4. The number of hydrogen-bond acceptors (Lipinski definition) is 3. The van der Waals surface area contributed by atoms with Crippen LogP contribution in [-0.4, -0.2) is 24.3 Å². The van der Waals surface area contributed by atoms with Crippen LogP contribution in [0.15, 0.2) is 47.1 Å². The Kier molecular flexibility index (Phi) is 14.4. The Hall–Kier alpha value is -0.713. The van der Waals surface area contributed by atoms with E-state index in [2.05, 4.69) is 77.2 Å². The van der Waals surface area contributed by atoms with Crippen molar-refractivity contribution >= 4 is 20.1 Å². The molecule has 4 heteroatoms. The molecular formula is C33H58O2SSi. The molecule has 0 heterocycles. The normalized spacial score (nSPS) is 20.3. The monoisotopic (exact) mass is 546 g/mol. The van der Waals surface area contributed by atoms with Crippen LogP contribution < -0.4 is 0 Å². The van der Waals surface area contributed by atoms with Gasteiger partial charge in [-0.05, 0) is 42.8 Å². The van der Waals surface area contributed by atoms with Gasteiger partial charge in [0.25, 0.3) is 0 Å². The summed E-state index contributed by atoms with van der Waals surface area (Å²) in [6, 6.07) is 10.5. The Bertz CT molecular complexity index is 770. The maximum absolute atomic E-state index is 11.8. The van der Waals surface area contributed by atoms with Gasteiger partial charge in [-0.1, -0.05) is 136 Å². The van der Waals surface area contributed by atoms with Crippen LogP contribution in [-0.2, 0) is 4.43 Å². The third-order valence-electron chi connectivity index (χ3n) is 8.51. The summed E-state index contributed by atoms with van der Waals surface area (Å²) in [5, 5.41) is 12.0.